The normalized spacial score (nSPS) is 14.9. The van der Waals surface area contributed by atoms with Crippen LogP contribution in [0.1, 0.15) is 15.9 Å². The number of hydrogen-bond donors (Lipinski definition) is 1. The Morgan fingerprint density at radius 1 is 1.22 bits per heavy atom. The molecule has 27 heavy (non-hydrogen) atoms. The number of amides is 1. The van der Waals surface area contributed by atoms with E-state index in [4.69, 9.17) is 9.47 Å². The molecule has 1 aromatic heterocycles. The first-order valence-corrected chi connectivity index (χ1v) is 8.71. The summed E-state index contributed by atoms with van der Waals surface area (Å²) in [5.74, 6) is 1.45. The number of nitrogens with zero attached hydrogens (tertiary/aromatic N) is 2. The van der Waals surface area contributed by atoms with Crippen molar-refractivity contribution in [2.75, 3.05) is 13.7 Å². The van der Waals surface area contributed by atoms with E-state index in [1.165, 1.54) is 0 Å². The van der Waals surface area contributed by atoms with Gasteiger partial charge in [0, 0.05) is 29.9 Å². The Balaban J connectivity index is 1.37. The highest BCUT2D eigenvalue weighted by Crippen LogP contribution is 2.32. The summed E-state index contributed by atoms with van der Waals surface area (Å²) in [6.07, 6.45) is 5.73. The number of fused-ring (bicyclic) bond motifs is 1. The van der Waals surface area contributed by atoms with E-state index in [9.17, 15) is 4.79 Å². The molecule has 136 valence electrons. The molecule has 0 fully saturated rings. The molecule has 0 bridgehead atoms. The number of rotatable bonds is 5. The van der Waals surface area contributed by atoms with Crippen molar-refractivity contribution >= 4 is 5.91 Å². The van der Waals surface area contributed by atoms with Crippen molar-refractivity contribution in [3.63, 3.8) is 0 Å². The number of carbonyl (C=O) groups excluding carboxylic acids is 1. The molecule has 0 radical (unpaired) electrons. The fourth-order valence-corrected chi connectivity index (χ4v) is 3.09. The predicted molar refractivity (Wildman–Crippen MR) is 101 cm³/mol. The maximum Gasteiger partial charge on any atom is 0.251 e. The Morgan fingerprint density at radius 2 is 2.07 bits per heavy atom. The third kappa shape index (κ3) is 3.74. The standard InChI is InChI=1S/C21H19N3O3/c1-26-17-5-2-14(3-6-17)21(25)24-12-18-11-16-10-15(4-7-20(16)27-18)19-13-22-8-9-23-19/h2-10,13,18H,11-12H2,1H3,(H,24,25). The summed E-state index contributed by atoms with van der Waals surface area (Å²) in [6.45, 7) is 0.444. The zero-order valence-electron chi connectivity index (χ0n) is 14.9. The van der Waals surface area contributed by atoms with Crippen LogP contribution in [0, 0.1) is 0 Å². The smallest absolute Gasteiger partial charge is 0.251 e. The SMILES string of the molecule is COc1ccc(C(=O)NCC2Cc3cc(-c4cnccn4)ccc3O2)cc1. The van der Waals surface area contributed by atoms with Crippen LogP contribution < -0.4 is 14.8 Å². The Kier molecular flexibility index (Phi) is 4.70. The zero-order chi connectivity index (χ0) is 18.6. The fraction of sp³-hybridized carbons (Fsp3) is 0.190. The Labute approximate surface area is 157 Å². The molecule has 1 aliphatic rings. The van der Waals surface area contributed by atoms with E-state index in [1.54, 1.807) is 50.0 Å². The molecule has 1 aliphatic heterocycles. The average Bonchev–Trinajstić information content (AvgIpc) is 3.15. The summed E-state index contributed by atoms with van der Waals surface area (Å²) in [5, 5.41) is 2.93. The molecule has 2 aromatic carbocycles. The van der Waals surface area contributed by atoms with Gasteiger partial charge in [-0.2, -0.15) is 0 Å². The summed E-state index contributed by atoms with van der Waals surface area (Å²) < 4.78 is 11.1. The molecule has 6 nitrogen and oxygen atoms in total. The highest BCUT2D eigenvalue weighted by molar-refractivity contribution is 5.94. The van der Waals surface area contributed by atoms with Crippen molar-refractivity contribution in [1.82, 2.24) is 15.3 Å². The van der Waals surface area contributed by atoms with Crippen LogP contribution in [0.15, 0.2) is 61.1 Å². The van der Waals surface area contributed by atoms with Gasteiger partial charge in [0.1, 0.15) is 17.6 Å². The molecule has 1 amide bonds. The molecule has 1 N–H and O–H groups in total. The second-order valence-electron chi connectivity index (χ2n) is 6.30. The van der Waals surface area contributed by atoms with Crippen LogP contribution in [0.4, 0.5) is 0 Å². The largest absolute Gasteiger partial charge is 0.497 e. The van der Waals surface area contributed by atoms with Crippen LogP contribution in [0.5, 0.6) is 11.5 Å². The first kappa shape index (κ1) is 17.0. The van der Waals surface area contributed by atoms with Gasteiger partial charge in [-0.15, -0.1) is 0 Å². The molecular formula is C21H19N3O3. The molecule has 3 aromatic rings. The van der Waals surface area contributed by atoms with Crippen molar-refractivity contribution < 1.29 is 14.3 Å². The zero-order valence-corrected chi connectivity index (χ0v) is 14.9. The van der Waals surface area contributed by atoms with E-state index in [0.29, 0.717) is 12.1 Å². The molecule has 0 saturated heterocycles. The number of carbonyl (C=O) groups is 1. The van der Waals surface area contributed by atoms with Crippen LogP contribution in [-0.4, -0.2) is 35.6 Å². The molecule has 6 heteroatoms. The van der Waals surface area contributed by atoms with E-state index < -0.39 is 0 Å². The van der Waals surface area contributed by atoms with E-state index in [2.05, 4.69) is 21.4 Å². The molecule has 2 heterocycles. The number of nitrogens with one attached hydrogen (secondary N) is 1. The fourth-order valence-electron chi connectivity index (χ4n) is 3.09. The summed E-state index contributed by atoms with van der Waals surface area (Å²) in [4.78, 5) is 20.7. The maximum atomic E-state index is 12.3. The number of ether oxygens (including phenoxy) is 2. The highest BCUT2D eigenvalue weighted by atomic mass is 16.5. The lowest BCUT2D eigenvalue weighted by atomic mass is 10.0. The van der Waals surface area contributed by atoms with Crippen molar-refractivity contribution in [2.45, 2.75) is 12.5 Å². The van der Waals surface area contributed by atoms with Crippen molar-refractivity contribution in [2.24, 2.45) is 0 Å². The van der Waals surface area contributed by atoms with Gasteiger partial charge in [-0.25, -0.2) is 0 Å². The molecule has 1 unspecified atom stereocenters. The van der Waals surface area contributed by atoms with E-state index in [-0.39, 0.29) is 12.0 Å². The average molecular weight is 361 g/mol. The van der Waals surface area contributed by atoms with Gasteiger partial charge in [-0.05, 0) is 48.0 Å². The summed E-state index contributed by atoms with van der Waals surface area (Å²) in [7, 11) is 1.60. The number of hydrogen-bond acceptors (Lipinski definition) is 5. The minimum atomic E-state index is -0.127. The van der Waals surface area contributed by atoms with Crippen molar-refractivity contribution in [3.8, 4) is 22.8 Å². The van der Waals surface area contributed by atoms with Gasteiger partial charge in [-0.3, -0.25) is 14.8 Å². The quantitative estimate of drug-likeness (QED) is 0.756. The number of aromatic nitrogens is 2. The van der Waals surface area contributed by atoms with Crippen molar-refractivity contribution in [3.05, 3.63) is 72.2 Å². The Morgan fingerprint density at radius 3 is 2.81 bits per heavy atom. The van der Waals surface area contributed by atoms with E-state index in [0.717, 1.165) is 34.7 Å². The van der Waals surface area contributed by atoms with Gasteiger partial charge < -0.3 is 14.8 Å². The third-order valence-electron chi connectivity index (χ3n) is 4.50. The second kappa shape index (κ2) is 7.45. The summed E-state index contributed by atoms with van der Waals surface area (Å²) >= 11 is 0. The topological polar surface area (TPSA) is 73.3 Å². The van der Waals surface area contributed by atoms with Crippen LogP contribution in [0.25, 0.3) is 11.3 Å². The summed E-state index contributed by atoms with van der Waals surface area (Å²) in [5.41, 5.74) is 3.54. The van der Waals surface area contributed by atoms with Crippen LogP contribution in [0.3, 0.4) is 0 Å². The summed E-state index contributed by atoms with van der Waals surface area (Å²) in [6, 6.07) is 13.0. The lowest BCUT2D eigenvalue weighted by Crippen LogP contribution is -2.34. The highest BCUT2D eigenvalue weighted by Gasteiger charge is 2.24. The molecule has 0 saturated carbocycles. The van der Waals surface area contributed by atoms with Gasteiger partial charge in [0.05, 0.1) is 25.5 Å². The lowest BCUT2D eigenvalue weighted by molar-refractivity contribution is 0.0933. The number of benzene rings is 2. The molecule has 1 atom stereocenters. The van der Waals surface area contributed by atoms with Gasteiger partial charge in [0.15, 0.2) is 0 Å². The van der Waals surface area contributed by atoms with Gasteiger partial charge >= 0.3 is 0 Å². The van der Waals surface area contributed by atoms with Crippen LogP contribution >= 0.6 is 0 Å². The van der Waals surface area contributed by atoms with Gasteiger partial charge in [0.2, 0.25) is 0 Å². The first-order valence-electron chi connectivity index (χ1n) is 8.71. The van der Waals surface area contributed by atoms with Gasteiger partial charge in [-0.1, -0.05) is 0 Å². The first-order chi connectivity index (χ1) is 13.2. The van der Waals surface area contributed by atoms with E-state index in [1.807, 2.05) is 12.1 Å². The lowest BCUT2D eigenvalue weighted by Gasteiger charge is -2.12. The van der Waals surface area contributed by atoms with Crippen molar-refractivity contribution in [1.29, 1.82) is 0 Å². The Bertz CT molecular complexity index is 943. The maximum absolute atomic E-state index is 12.3. The minimum Gasteiger partial charge on any atom is -0.497 e. The third-order valence-corrected chi connectivity index (χ3v) is 4.50. The molecule has 0 spiro atoms. The van der Waals surface area contributed by atoms with Crippen LogP contribution in [-0.2, 0) is 6.42 Å². The Hall–Kier alpha value is -3.41. The van der Waals surface area contributed by atoms with Crippen LogP contribution in [0.2, 0.25) is 0 Å². The predicted octanol–water partition coefficient (Wildman–Crippen LogP) is 2.89. The second-order valence-corrected chi connectivity index (χ2v) is 6.30. The monoisotopic (exact) mass is 361 g/mol. The minimum absolute atomic E-state index is 0.0840. The molecule has 0 aliphatic carbocycles. The van der Waals surface area contributed by atoms with E-state index >= 15 is 0 Å². The number of methoxy groups -OCH3 is 1. The molecular weight excluding hydrogens is 342 g/mol. The van der Waals surface area contributed by atoms with Gasteiger partial charge in [0.25, 0.3) is 5.91 Å². The molecule has 4 rings (SSSR count).